The molecule has 0 aliphatic heterocycles. The number of rotatable bonds is 2. The molecular formula is C9H10N4O. The number of methoxy groups -OCH3 is 1. The zero-order valence-corrected chi connectivity index (χ0v) is 7.71. The molecule has 14 heavy (non-hydrogen) atoms. The minimum absolute atomic E-state index is 0.270. The largest absolute Gasteiger partial charge is 0.466 e. The van der Waals surface area contributed by atoms with Crippen molar-refractivity contribution in [1.29, 1.82) is 0 Å². The third-order valence-corrected chi connectivity index (χ3v) is 1.80. The smallest absolute Gasteiger partial charge is 0.337 e. The first kappa shape index (κ1) is 8.55. The maximum atomic E-state index is 5.66. The Bertz CT molecular complexity index is 424. The second-order valence-electron chi connectivity index (χ2n) is 2.70. The lowest BCUT2D eigenvalue weighted by atomic mass is 10.3. The van der Waals surface area contributed by atoms with Gasteiger partial charge in [-0.15, -0.1) is 5.10 Å². The van der Waals surface area contributed by atoms with Gasteiger partial charge >= 0.3 is 6.01 Å². The summed E-state index contributed by atoms with van der Waals surface area (Å²) in [7, 11) is 1.50. The van der Waals surface area contributed by atoms with Crippen molar-refractivity contribution in [3.05, 3.63) is 30.3 Å². The number of ether oxygens (including phenoxy) is 1. The maximum Gasteiger partial charge on any atom is 0.337 e. The summed E-state index contributed by atoms with van der Waals surface area (Å²) in [6, 6.07) is 9.79. The lowest BCUT2D eigenvalue weighted by Crippen LogP contribution is -2.01. The average Bonchev–Trinajstić information content (AvgIpc) is 2.61. The lowest BCUT2D eigenvalue weighted by Gasteiger charge is -1.99. The number of anilines is 1. The van der Waals surface area contributed by atoms with Crippen LogP contribution < -0.4 is 10.5 Å². The first-order valence-corrected chi connectivity index (χ1v) is 4.13. The van der Waals surface area contributed by atoms with E-state index in [9.17, 15) is 0 Å². The highest BCUT2D eigenvalue weighted by Gasteiger charge is 2.07. The van der Waals surface area contributed by atoms with Crippen molar-refractivity contribution < 1.29 is 4.74 Å². The number of hydrogen-bond donors (Lipinski definition) is 1. The molecule has 0 unspecified atom stereocenters. The quantitative estimate of drug-likeness (QED) is 0.762. The van der Waals surface area contributed by atoms with Crippen LogP contribution in [0.3, 0.4) is 0 Å². The molecule has 1 heterocycles. The molecule has 2 rings (SSSR count). The van der Waals surface area contributed by atoms with Crippen LogP contribution in [0.1, 0.15) is 0 Å². The summed E-state index contributed by atoms with van der Waals surface area (Å²) in [6.07, 6.45) is 0. The molecule has 5 heteroatoms. The molecule has 0 aliphatic carbocycles. The maximum absolute atomic E-state index is 5.66. The minimum Gasteiger partial charge on any atom is -0.466 e. The highest BCUT2D eigenvalue weighted by atomic mass is 16.5. The second kappa shape index (κ2) is 3.37. The molecule has 0 spiro atoms. The van der Waals surface area contributed by atoms with E-state index in [2.05, 4.69) is 10.1 Å². The van der Waals surface area contributed by atoms with E-state index in [1.165, 1.54) is 11.8 Å². The minimum atomic E-state index is 0.270. The molecule has 5 nitrogen and oxygen atoms in total. The number of benzene rings is 1. The van der Waals surface area contributed by atoms with E-state index in [1.807, 2.05) is 30.3 Å². The van der Waals surface area contributed by atoms with Crippen LogP contribution in [0, 0.1) is 0 Å². The summed E-state index contributed by atoms with van der Waals surface area (Å²) in [5.41, 5.74) is 6.52. The number of para-hydroxylation sites is 1. The SMILES string of the molecule is COc1nc(N)n(-c2ccccc2)n1. The van der Waals surface area contributed by atoms with Gasteiger partial charge in [-0.2, -0.15) is 9.67 Å². The van der Waals surface area contributed by atoms with Crippen molar-refractivity contribution in [2.24, 2.45) is 0 Å². The molecule has 0 bridgehead atoms. The monoisotopic (exact) mass is 190 g/mol. The molecule has 2 N–H and O–H groups in total. The number of aromatic nitrogens is 3. The van der Waals surface area contributed by atoms with E-state index in [1.54, 1.807) is 0 Å². The Kier molecular flexibility index (Phi) is 2.06. The highest BCUT2D eigenvalue weighted by molar-refractivity contribution is 5.37. The fourth-order valence-corrected chi connectivity index (χ4v) is 1.15. The van der Waals surface area contributed by atoms with Crippen molar-refractivity contribution in [2.75, 3.05) is 12.8 Å². The summed E-state index contributed by atoms with van der Waals surface area (Å²) in [6.45, 7) is 0. The van der Waals surface area contributed by atoms with Crippen LogP contribution in [-0.4, -0.2) is 21.9 Å². The molecule has 1 aromatic carbocycles. The summed E-state index contributed by atoms with van der Waals surface area (Å²) in [5, 5.41) is 4.06. The first-order chi connectivity index (χ1) is 6.81. The molecule has 0 atom stereocenters. The topological polar surface area (TPSA) is 66.0 Å². The summed E-state index contributed by atoms with van der Waals surface area (Å²) in [4.78, 5) is 3.91. The van der Waals surface area contributed by atoms with E-state index in [-0.39, 0.29) is 6.01 Å². The van der Waals surface area contributed by atoms with Crippen LogP contribution in [-0.2, 0) is 0 Å². The Hall–Kier alpha value is -2.04. The van der Waals surface area contributed by atoms with E-state index in [0.29, 0.717) is 5.95 Å². The molecule has 2 aromatic rings. The van der Waals surface area contributed by atoms with Gasteiger partial charge in [-0.3, -0.25) is 0 Å². The highest BCUT2D eigenvalue weighted by Crippen LogP contribution is 2.13. The Morgan fingerprint density at radius 2 is 2.00 bits per heavy atom. The molecular weight excluding hydrogens is 180 g/mol. The van der Waals surface area contributed by atoms with Crippen LogP contribution in [0.15, 0.2) is 30.3 Å². The fourth-order valence-electron chi connectivity index (χ4n) is 1.15. The van der Waals surface area contributed by atoms with Gasteiger partial charge < -0.3 is 10.5 Å². The van der Waals surface area contributed by atoms with Gasteiger partial charge in [0.2, 0.25) is 5.95 Å². The van der Waals surface area contributed by atoms with E-state index < -0.39 is 0 Å². The zero-order chi connectivity index (χ0) is 9.97. The van der Waals surface area contributed by atoms with Crippen LogP contribution in [0.5, 0.6) is 6.01 Å². The number of nitrogen functional groups attached to an aromatic ring is 1. The Balaban J connectivity index is 2.46. The average molecular weight is 190 g/mol. The lowest BCUT2D eigenvalue weighted by molar-refractivity contribution is 0.380. The predicted molar refractivity (Wildman–Crippen MR) is 52.3 cm³/mol. The first-order valence-electron chi connectivity index (χ1n) is 4.13. The van der Waals surface area contributed by atoms with Gasteiger partial charge in [-0.05, 0) is 12.1 Å². The van der Waals surface area contributed by atoms with Gasteiger partial charge in [-0.1, -0.05) is 18.2 Å². The Labute approximate surface area is 81.1 Å². The van der Waals surface area contributed by atoms with Gasteiger partial charge in [0.05, 0.1) is 12.8 Å². The third kappa shape index (κ3) is 1.39. The normalized spacial score (nSPS) is 10.1. The predicted octanol–water partition coefficient (Wildman–Crippen LogP) is 0.858. The Morgan fingerprint density at radius 1 is 1.29 bits per heavy atom. The fraction of sp³-hybridized carbons (Fsp3) is 0.111. The van der Waals surface area contributed by atoms with Gasteiger partial charge in [0.25, 0.3) is 0 Å². The van der Waals surface area contributed by atoms with Crippen molar-refractivity contribution >= 4 is 5.95 Å². The number of nitrogens with zero attached hydrogens (tertiary/aromatic N) is 3. The molecule has 0 saturated heterocycles. The molecule has 0 amide bonds. The summed E-state index contributed by atoms with van der Waals surface area (Å²) in [5.74, 6) is 0.313. The molecule has 1 aromatic heterocycles. The third-order valence-electron chi connectivity index (χ3n) is 1.80. The molecule has 0 radical (unpaired) electrons. The van der Waals surface area contributed by atoms with Crippen LogP contribution in [0.25, 0.3) is 5.69 Å². The van der Waals surface area contributed by atoms with Crippen molar-refractivity contribution in [3.63, 3.8) is 0 Å². The molecule has 0 aliphatic rings. The zero-order valence-electron chi connectivity index (χ0n) is 7.71. The number of nitrogens with two attached hydrogens (primary N) is 1. The van der Waals surface area contributed by atoms with Gasteiger partial charge in [-0.25, -0.2) is 0 Å². The van der Waals surface area contributed by atoms with Gasteiger partial charge in [0.1, 0.15) is 0 Å². The van der Waals surface area contributed by atoms with Crippen LogP contribution in [0.2, 0.25) is 0 Å². The number of hydrogen-bond acceptors (Lipinski definition) is 4. The molecule has 0 saturated carbocycles. The molecule has 72 valence electrons. The second-order valence-corrected chi connectivity index (χ2v) is 2.70. The van der Waals surface area contributed by atoms with Crippen molar-refractivity contribution in [1.82, 2.24) is 14.8 Å². The summed E-state index contributed by atoms with van der Waals surface area (Å²) < 4.78 is 6.40. The van der Waals surface area contributed by atoms with Gasteiger partial charge in [0, 0.05) is 0 Å². The summed E-state index contributed by atoms with van der Waals surface area (Å²) >= 11 is 0. The van der Waals surface area contributed by atoms with E-state index >= 15 is 0 Å². The van der Waals surface area contributed by atoms with Crippen LogP contribution >= 0.6 is 0 Å². The van der Waals surface area contributed by atoms with Crippen molar-refractivity contribution in [2.45, 2.75) is 0 Å². The van der Waals surface area contributed by atoms with Crippen LogP contribution in [0.4, 0.5) is 5.95 Å². The van der Waals surface area contributed by atoms with E-state index in [0.717, 1.165) is 5.69 Å². The van der Waals surface area contributed by atoms with E-state index in [4.69, 9.17) is 10.5 Å². The van der Waals surface area contributed by atoms with Crippen molar-refractivity contribution in [3.8, 4) is 11.7 Å². The standard InChI is InChI=1S/C9H10N4O/c1-14-9-11-8(10)13(12-9)7-5-3-2-4-6-7/h2-6H,1H3,(H2,10,11,12). The van der Waals surface area contributed by atoms with Gasteiger partial charge in [0.15, 0.2) is 0 Å². The molecule has 0 fully saturated rings. The Morgan fingerprint density at radius 3 is 2.57 bits per heavy atom.